The van der Waals surface area contributed by atoms with Gasteiger partial charge in [-0.1, -0.05) is 44.2 Å². The molecule has 1 heterocycles. The van der Waals surface area contributed by atoms with Crippen LogP contribution in [-0.2, 0) is 20.7 Å². The fourth-order valence-electron chi connectivity index (χ4n) is 3.15. The van der Waals surface area contributed by atoms with Gasteiger partial charge in [-0.2, -0.15) is 0 Å². The van der Waals surface area contributed by atoms with Crippen LogP contribution < -0.4 is 5.32 Å². The second-order valence-corrected chi connectivity index (χ2v) is 8.74. The Morgan fingerprint density at radius 2 is 1.55 bits per heavy atom. The van der Waals surface area contributed by atoms with Crippen molar-refractivity contribution in [3.05, 3.63) is 35.9 Å². The minimum Gasteiger partial charge on any atom is -0.444 e. The van der Waals surface area contributed by atoms with Gasteiger partial charge in [0.05, 0.1) is 6.42 Å². The molecule has 1 aromatic carbocycles. The summed E-state index contributed by atoms with van der Waals surface area (Å²) in [7, 11) is 0. The molecule has 7 nitrogen and oxygen atoms in total. The molecule has 1 unspecified atom stereocenters. The molecule has 1 aliphatic rings. The zero-order chi connectivity index (χ0) is 21.6. The van der Waals surface area contributed by atoms with E-state index in [1.54, 1.807) is 9.80 Å². The van der Waals surface area contributed by atoms with Crippen LogP contribution in [0.1, 0.15) is 40.2 Å². The SMILES string of the molecule is CC(C)C(NC(=O)Cc1ccccc1)C(=O)N1CCN(C(=O)OC(C)(C)C)CC1. The first-order chi connectivity index (χ1) is 13.6. The topological polar surface area (TPSA) is 79.0 Å². The summed E-state index contributed by atoms with van der Waals surface area (Å²) in [6.45, 7) is 11.0. The van der Waals surface area contributed by atoms with E-state index in [1.165, 1.54) is 0 Å². The molecule has 0 radical (unpaired) electrons. The number of nitrogens with one attached hydrogen (secondary N) is 1. The maximum atomic E-state index is 13.0. The lowest BCUT2D eigenvalue weighted by molar-refractivity contribution is -0.139. The maximum Gasteiger partial charge on any atom is 0.410 e. The number of amides is 3. The van der Waals surface area contributed by atoms with E-state index in [0.717, 1.165) is 5.56 Å². The summed E-state index contributed by atoms with van der Waals surface area (Å²) >= 11 is 0. The predicted octanol–water partition coefficient (Wildman–Crippen LogP) is 2.45. The number of hydrogen-bond acceptors (Lipinski definition) is 4. The molecule has 1 aromatic rings. The van der Waals surface area contributed by atoms with Crippen molar-refractivity contribution in [2.45, 2.75) is 52.7 Å². The summed E-state index contributed by atoms with van der Waals surface area (Å²) < 4.78 is 5.39. The standard InChI is InChI=1S/C22H33N3O4/c1-16(2)19(23-18(26)15-17-9-7-6-8-10-17)20(27)24-11-13-25(14-12-24)21(28)29-22(3,4)5/h6-10,16,19H,11-15H2,1-5H3,(H,23,26). The van der Waals surface area contributed by atoms with Gasteiger partial charge in [0.15, 0.2) is 0 Å². The molecule has 0 saturated carbocycles. The Kier molecular flexibility index (Phi) is 7.65. The van der Waals surface area contributed by atoms with Gasteiger partial charge in [0, 0.05) is 26.2 Å². The first kappa shape index (κ1) is 22.7. The lowest BCUT2D eigenvalue weighted by Crippen LogP contribution is -2.57. The Labute approximate surface area is 173 Å². The normalized spacial score (nSPS) is 15.8. The van der Waals surface area contributed by atoms with E-state index in [4.69, 9.17) is 4.74 Å². The van der Waals surface area contributed by atoms with E-state index in [2.05, 4.69) is 5.32 Å². The summed E-state index contributed by atoms with van der Waals surface area (Å²) in [5.41, 5.74) is 0.362. The molecule has 1 N–H and O–H groups in total. The van der Waals surface area contributed by atoms with Crippen molar-refractivity contribution in [2.75, 3.05) is 26.2 Å². The molecule has 29 heavy (non-hydrogen) atoms. The van der Waals surface area contributed by atoms with Crippen molar-refractivity contribution in [3.8, 4) is 0 Å². The quantitative estimate of drug-likeness (QED) is 0.819. The van der Waals surface area contributed by atoms with Gasteiger partial charge in [0.2, 0.25) is 11.8 Å². The molecular formula is C22H33N3O4. The third kappa shape index (κ3) is 7.07. The van der Waals surface area contributed by atoms with Crippen molar-refractivity contribution in [3.63, 3.8) is 0 Å². The fraction of sp³-hybridized carbons (Fsp3) is 0.591. The Hall–Kier alpha value is -2.57. The smallest absolute Gasteiger partial charge is 0.410 e. The van der Waals surface area contributed by atoms with Gasteiger partial charge in [-0.3, -0.25) is 9.59 Å². The monoisotopic (exact) mass is 403 g/mol. The summed E-state index contributed by atoms with van der Waals surface area (Å²) in [5.74, 6) is -0.313. The Morgan fingerprint density at radius 1 is 1.00 bits per heavy atom. The van der Waals surface area contributed by atoms with Crippen LogP contribution in [0.2, 0.25) is 0 Å². The van der Waals surface area contributed by atoms with Gasteiger partial charge in [-0.15, -0.1) is 0 Å². The summed E-state index contributed by atoms with van der Waals surface area (Å²) in [6.07, 6.45) is -0.120. The summed E-state index contributed by atoms with van der Waals surface area (Å²) in [5, 5.41) is 2.89. The second-order valence-electron chi connectivity index (χ2n) is 8.74. The summed E-state index contributed by atoms with van der Waals surface area (Å²) in [6, 6.07) is 8.87. The van der Waals surface area contributed by atoms with Crippen molar-refractivity contribution in [1.82, 2.24) is 15.1 Å². The van der Waals surface area contributed by atoms with Gasteiger partial charge in [0.1, 0.15) is 11.6 Å². The van der Waals surface area contributed by atoms with Crippen LogP contribution in [0.15, 0.2) is 30.3 Å². The van der Waals surface area contributed by atoms with Crippen molar-refractivity contribution in [1.29, 1.82) is 0 Å². The van der Waals surface area contributed by atoms with E-state index in [0.29, 0.717) is 26.2 Å². The van der Waals surface area contributed by atoms with Crippen molar-refractivity contribution >= 4 is 17.9 Å². The lowest BCUT2D eigenvalue weighted by Gasteiger charge is -2.37. The minimum atomic E-state index is -0.584. The average Bonchev–Trinajstić information content (AvgIpc) is 2.65. The number of hydrogen-bond donors (Lipinski definition) is 1. The molecule has 1 atom stereocenters. The molecule has 0 aliphatic carbocycles. The molecule has 1 aliphatic heterocycles. The largest absolute Gasteiger partial charge is 0.444 e. The van der Waals surface area contributed by atoms with E-state index in [1.807, 2.05) is 65.0 Å². The van der Waals surface area contributed by atoms with Crippen molar-refractivity contribution < 1.29 is 19.1 Å². The molecule has 160 valence electrons. The highest BCUT2D eigenvalue weighted by atomic mass is 16.6. The molecule has 0 aromatic heterocycles. The second kappa shape index (κ2) is 9.76. The highest BCUT2D eigenvalue weighted by Gasteiger charge is 2.32. The first-order valence-corrected chi connectivity index (χ1v) is 10.2. The highest BCUT2D eigenvalue weighted by molar-refractivity contribution is 5.88. The van der Waals surface area contributed by atoms with Crippen molar-refractivity contribution in [2.24, 2.45) is 5.92 Å². The van der Waals surface area contributed by atoms with E-state index in [-0.39, 0.29) is 30.2 Å². The average molecular weight is 404 g/mol. The number of benzene rings is 1. The van der Waals surface area contributed by atoms with Crippen LogP contribution >= 0.6 is 0 Å². The first-order valence-electron chi connectivity index (χ1n) is 10.2. The van der Waals surface area contributed by atoms with Crippen LogP contribution in [0, 0.1) is 5.92 Å². The number of rotatable bonds is 5. The molecule has 1 saturated heterocycles. The molecule has 2 rings (SSSR count). The van der Waals surface area contributed by atoms with Crippen LogP contribution in [0.25, 0.3) is 0 Å². The fourth-order valence-corrected chi connectivity index (χ4v) is 3.15. The predicted molar refractivity (Wildman–Crippen MR) is 111 cm³/mol. The number of piperazine rings is 1. The van der Waals surface area contributed by atoms with Gasteiger partial charge in [-0.05, 0) is 32.3 Å². The highest BCUT2D eigenvalue weighted by Crippen LogP contribution is 2.14. The zero-order valence-corrected chi connectivity index (χ0v) is 18.1. The molecule has 1 fully saturated rings. The lowest BCUT2D eigenvalue weighted by atomic mass is 10.0. The number of carbonyl (C=O) groups is 3. The Morgan fingerprint density at radius 3 is 2.07 bits per heavy atom. The zero-order valence-electron chi connectivity index (χ0n) is 18.1. The van der Waals surface area contributed by atoms with Crippen LogP contribution in [-0.4, -0.2) is 65.5 Å². The van der Waals surface area contributed by atoms with E-state index >= 15 is 0 Å². The summed E-state index contributed by atoms with van der Waals surface area (Å²) in [4.78, 5) is 41.0. The van der Waals surface area contributed by atoms with E-state index < -0.39 is 11.6 Å². The number of nitrogens with zero attached hydrogens (tertiary/aromatic N) is 2. The maximum absolute atomic E-state index is 13.0. The van der Waals surface area contributed by atoms with Crippen LogP contribution in [0.4, 0.5) is 4.79 Å². The number of ether oxygens (including phenoxy) is 1. The Bertz CT molecular complexity index is 705. The molecule has 0 bridgehead atoms. The van der Waals surface area contributed by atoms with Crippen LogP contribution in [0.5, 0.6) is 0 Å². The van der Waals surface area contributed by atoms with Gasteiger partial charge in [0.25, 0.3) is 0 Å². The van der Waals surface area contributed by atoms with Gasteiger partial charge in [-0.25, -0.2) is 4.79 Å². The molecule has 7 heteroatoms. The van der Waals surface area contributed by atoms with Crippen LogP contribution in [0.3, 0.4) is 0 Å². The minimum absolute atomic E-state index is 0.0360. The number of carbonyl (C=O) groups excluding carboxylic acids is 3. The Balaban J connectivity index is 1.91. The van der Waals surface area contributed by atoms with E-state index in [9.17, 15) is 14.4 Å². The molecule has 3 amide bonds. The molecule has 0 spiro atoms. The molecular weight excluding hydrogens is 370 g/mol. The van der Waals surface area contributed by atoms with Gasteiger partial charge < -0.3 is 19.9 Å². The van der Waals surface area contributed by atoms with Gasteiger partial charge >= 0.3 is 6.09 Å². The third-order valence-electron chi connectivity index (χ3n) is 4.70. The third-order valence-corrected chi connectivity index (χ3v) is 4.70.